The summed E-state index contributed by atoms with van der Waals surface area (Å²) in [6.45, 7) is 12.9. The molecule has 6 heteroatoms. The summed E-state index contributed by atoms with van der Waals surface area (Å²) in [5.41, 5.74) is 0. The molecule has 2 amide bonds. The van der Waals surface area contributed by atoms with Crippen LogP contribution >= 0.6 is 0 Å². The van der Waals surface area contributed by atoms with E-state index in [-0.39, 0.29) is 24.5 Å². The molecule has 0 radical (unpaired) electrons. The van der Waals surface area contributed by atoms with Crippen molar-refractivity contribution >= 4 is 11.8 Å². The fourth-order valence-electron chi connectivity index (χ4n) is 5.02. The molecule has 3 aliphatic heterocycles. The molecule has 3 rings (SSSR count). The van der Waals surface area contributed by atoms with Crippen molar-refractivity contribution in [3.8, 4) is 0 Å². The van der Waals surface area contributed by atoms with Crippen molar-refractivity contribution in [3.05, 3.63) is 0 Å². The van der Waals surface area contributed by atoms with Gasteiger partial charge in [-0.15, -0.1) is 0 Å². The lowest BCUT2D eigenvalue weighted by molar-refractivity contribution is -0.143. The first-order chi connectivity index (χ1) is 13.5. The van der Waals surface area contributed by atoms with Crippen LogP contribution in [-0.2, 0) is 14.3 Å². The van der Waals surface area contributed by atoms with Crippen LogP contribution in [0, 0.1) is 17.8 Å². The predicted octanol–water partition coefficient (Wildman–Crippen LogP) is 2.23. The van der Waals surface area contributed by atoms with E-state index in [9.17, 15) is 9.59 Å². The molecule has 3 fully saturated rings. The zero-order valence-electron chi connectivity index (χ0n) is 18.1. The van der Waals surface area contributed by atoms with E-state index in [0.717, 1.165) is 71.5 Å². The van der Waals surface area contributed by atoms with Crippen molar-refractivity contribution < 1.29 is 14.3 Å². The molecule has 0 atom stereocenters. The molecule has 0 aromatic rings. The molecule has 0 spiro atoms. The van der Waals surface area contributed by atoms with Gasteiger partial charge in [0.1, 0.15) is 6.61 Å². The summed E-state index contributed by atoms with van der Waals surface area (Å²) in [4.78, 5) is 31.4. The van der Waals surface area contributed by atoms with Crippen LogP contribution in [0.15, 0.2) is 0 Å². The van der Waals surface area contributed by atoms with E-state index >= 15 is 0 Å². The minimum atomic E-state index is 0.101. The first kappa shape index (κ1) is 21.6. The fourth-order valence-corrected chi connectivity index (χ4v) is 5.02. The lowest BCUT2D eigenvalue weighted by Crippen LogP contribution is -2.55. The maximum atomic E-state index is 12.7. The quantitative estimate of drug-likeness (QED) is 0.666. The fraction of sp³-hybridized carbons (Fsp3) is 0.909. The van der Waals surface area contributed by atoms with Crippen LogP contribution in [-0.4, -0.2) is 85.0 Å². The molecule has 0 unspecified atom stereocenters. The topological polar surface area (TPSA) is 53.1 Å². The lowest BCUT2D eigenvalue weighted by Gasteiger charge is -2.44. The number of carbonyl (C=O) groups excluding carboxylic acids is 2. The van der Waals surface area contributed by atoms with Crippen molar-refractivity contribution in [2.45, 2.75) is 59.0 Å². The number of piperidine rings is 2. The number of likely N-dealkylation sites (tertiary alicyclic amines) is 3. The molecule has 3 heterocycles. The lowest BCUT2D eigenvalue weighted by atomic mass is 9.78. The number of hydrogen-bond acceptors (Lipinski definition) is 4. The Balaban J connectivity index is 1.35. The van der Waals surface area contributed by atoms with Crippen LogP contribution in [0.3, 0.4) is 0 Å². The van der Waals surface area contributed by atoms with Crippen LogP contribution in [0.5, 0.6) is 0 Å². The molecule has 3 aliphatic rings. The van der Waals surface area contributed by atoms with Crippen LogP contribution in [0.2, 0.25) is 0 Å². The van der Waals surface area contributed by atoms with E-state index in [1.54, 1.807) is 0 Å². The number of rotatable bonds is 7. The predicted molar refractivity (Wildman–Crippen MR) is 110 cm³/mol. The van der Waals surface area contributed by atoms with E-state index < -0.39 is 0 Å². The third-order valence-corrected chi connectivity index (χ3v) is 6.80. The Labute approximate surface area is 170 Å². The smallest absolute Gasteiger partial charge is 0.248 e. The largest absolute Gasteiger partial charge is 0.369 e. The molecule has 3 saturated heterocycles. The van der Waals surface area contributed by atoms with Crippen molar-refractivity contribution in [1.82, 2.24) is 14.7 Å². The maximum Gasteiger partial charge on any atom is 0.248 e. The van der Waals surface area contributed by atoms with E-state index in [2.05, 4.69) is 16.7 Å². The highest BCUT2D eigenvalue weighted by atomic mass is 16.5. The number of nitrogens with zero attached hydrogens (tertiary/aromatic N) is 3. The number of hydrogen-bond donors (Lipinski definition) is 0. The molecule has 0 aromatic carbocycles. The zero-order chi connectivity index (χ0) is 20.1. The first-order valence-electron chi connectivity index (χ1n) is 11.4. The van der Waals surface area contributed by atoms with Gasteiger partial charge in [-0.2, -0.15) is 0 Å². The van der Waals surface area contributed by atoms with E-state index in [4.69, 9.17) is 4.74 Å². The van der Waals surface area contributed by atoms with Gasteiger partial charge >= 0.3 is 0 Å². The van der Waals surface area contributed by atoms with Crippen LogP contribution in [0.4, 0.5) is 0 Å². The van der Waals surface area contributed by atoms with Gasteiger partial charge in [0.05, 0.1) is 12.0 Å². The molecule has 160 valence electrons. The van der Waals surface area contributed by atoms with Gasteiger partial charge in [0.2, 0.25) is 11.8 Å². The summed E-state index contributed by atoms with van der Waals surface area (Å²) in [5, 5.41) is 0. The highest BCUT2D eigenvalue weighted by Crippen LogP contribution is 2.33. The third kappa shape index (κ3) is 5.47. The normalized spacial score (nSPS) is 23.3. The highest BCUT2D eigenvalue weighted by molar-refractivity contribution is 5.80. The number of ether oxygens (including phenoxy) is 1. The second-order valence-electron chi connectivity index (χ2n) is 9.20. The van der Waals surface area contributed by atoms with Gasteiger partial charge in [0, 0.05) is 39.3 Å². The Hall–Kier alpha value is -1.14. The van der Waals surface area contributed by atoms with E-state index in [0.29, 0.717) is 17.7 Å². The van der Waals surface area contributed by atoms with Crippen LogP contribution < -0.4 is 0 Å². The van der Waals surface area contributed by atoms with Gasteiger partial charge in [0.15, 0.2) is 0 Å². The van der Waals surface area contributed by atoms with Gasteiger partial charge in [-0.3, -0.25) is 9.59 Å². The Morgan fingerprint density at radius 3 is 1.96 bits per heavy atom. The Bertz CT molecular complexity index is 517. The molecular formula is C22H39N3O3. The minimum Gasteiger partial charge on any atom is -0.369 e. The Kier molecular flexibility index (Phi) is 7.75. The third-order valence-electron chi connectivity index (χ3n) is 6.80. The number of carbonyl (C=O) groups is 2. The Morgan fingerprint density at radius 1 is 0.929 bits per heavy atom. The Morgan fingerprint density at radius 2 is 1.46 bits per heavy atom. The van der Waals surface area contributed by atoms with Gasteiger partial charge < -0.3 is 19.4 Å². The number of amides is 2. The van der Waals surface area contributed by atoms with E-state index in [1.165, 1.54) is 6.42 Å². The van der Waals surface area contributed by atoms with Crippen molar-refractivity contribution in [2.24, 2.45) is 17.8 Å². The molecule has 28 heavy (non-hydrogen) atoms. The van der Waals surface area contributed by atoms with Gasteiger partial charge in [-0.1, -0.05) is 6.92 Å². The maximum absolute atomic E-state index is 12.7. The molecule has 6 nitrogen and oxygen atoms in total. The molecule has 0 saturated carbocycles. The monoisotopic (exact) mass is 393 g/mol. The first-order valence-corrected chi connectivity index (χ1v) is 11.4. The molecule has 0 bridgehead atoms. The molecule has 0 aliphatic carbocycles. The average molecular weight is 394 g/mol. The van der Waals surface area contributed by atoms with Crippen LogP contribution in [0.1, 0.15) is 52.9 Å². The summed E-state index contributed by atoms with van der Waals surface area (Å²) in [6.07, 6.45) is 5.73. The second kappa shape index (κ2) is 10.1. The second-order valence-corrected chi connectivity index (χ2v) is 9.20. The van der Waals surface area contributed by atoms with Crippen LogP contribution in [0.25, 0.3) is 0 Å². The molecule has 0 N–H and O–H groups in total. The van der Waals surface area contributed by atoms with Gasteiger partial charge in [0.25, 0.3) is 0 Å². The van der Waals surface area contributed by atoms with Gasteiger partial charge in [-0.05, 0) is 64.3 Å². The summed E-state index contributed by atoms with van der Waals surface area (Å²) in [6, 6.07) is 0. The van der Waals surface area contributed by atoms with Crippen molar-refractivity contribution in [1.29, 1.82) is 0 Å². The van der Waals surface area contributed by atoms with Crippen molar-refractivity contribution in [2.75, 3.05) is 52.4 Å². The SMILES string of the molecule is CCCN1CC(C(=O)N2CCC(C3CCN(C(=O)COC(C)C)CC3)CC2)C1. The van der Waals surface area contributed by atoms with E-state index in [1.807, 2.05) is 18.7 Å². The average Bonchev–Trinajstić information content (AvgIpc) is 2.68. The van der Waals surface area contributed by atoms with Gasteiger partial charge in [-0.25, -0.2) is 0 Å². The summed E-state index contributed by atoms with van der Waals surface area (Å²) in [7, 11) is 0. The van der Waals surface area contributed by atoms with Crippen molar-refractivity contribution in [3.63, 3.8) is 0 Å². The molecule has 0 aromatic heterocycles. The minimum absolute atomic E-state index is 0.101. The molecular weight excluding hydrogens is 354 g/mol. The zero-order valence-corrected chi connectivity index (χ0v) is 18.1. The summed E-state index contributed by atoms with van der Waals surface area (Å²) in [5.74, 6) is 2.18. The standard InChI is InChI=1S/C22H39N3O3/c1-4-9-23-14-20(15-23)22(27)25-12-7-19(8-13-25)18-5-10-24(11-6-18)21(26)16-28-17(2)3/h17-20H,4-16H2,1-3H3. The summed E-state index contributed by atoms with van der Waals surface area (Å²) >= 11 is 0. The highest BCUT2D eigenvalue weighted by Gasteiger charge is 2.37. The summed E-state index contributed by atoms with van der Waals surface area (Å²) < 4.78 is 5.46.